The van der Waals surface area contributed by atoms with Crippen LogP contribution in [0.1, 0.15) is 39.3 Å². The van der Waals surface area contributed by atoms with Crippen molar-refractivity contribution in [1.29, 1.82) is 0 Å². The van der Waals surface area contributed by atoms with Gasteiger partial charge in [0.2, 0.25) is 5.91 Å². The zero-order valence-corrected chi connectivity index (χ0v) is 19.1. The lowest BCUT2D eigenvalue weighted by atomic mass is 10.1. The molecule has 168 valence electrons. The Morgan fingerprint density at radius 1 is 1.09 bits per heavy atom. The van der Waals surface area contributed by atoms with Crippen molar-refractivity contribution >= 4 is 29.8 Å². The van der Waals surface area contributed by atoms with Crippen molar-refractivity contribution in [3.05, 3.63) is 101 Å². The highest BCUT2D eigenvalue weighted by molar-refractivity contribution is 8.00. The van der Waals surface area contributed by atoms with E-state index in [1.165, 1.54) is 0 Å². The number of benzene rings is 3. The average molecular weight is 460 g/mol. The van der Waals surface area contributed by atoms with Crippen molar-refractivity contribution in [2.75, 3.05) is 12.4 Å². The fourth-order valence-electron chi connectivity index (χ4n) is 3.53. The summed E-state index contributed by atoms with van der Waals surface area (Å²) in [7, 11) is 0. The molecular weight excluding hydrogens is 434 g/mol. The molecule has 33 heavy (non-hydrogen) atoms. The van der Waals surface area contributed by atoms with E-state index in [0.29, 0.717) is 24.5 Å². The van der Waals surface area contributed by atoms with E-state index in [-0.39, 0.29) is 17.2 Å². The fourth-order valence-corrected chi connectivity index (χ4v) is 4.72. The van der Waals surface area contributed by atoms with Gasteiger partial charge in [0.1, 0.15) is 11.1 Å². The first-order valence-corrected chi connectivity index (χ1v) is 11.8. The van der Waals surface area contributed by atoms with Crippen molar-refractivity contribution in [2.45, 2.75) is 18.8 Å². The van der Waals surface area contributed by atoms with Gasteiger partial charge in [-0.05, 0) is 60.0 Å². The number of carbonyl (C=O) groups excluding carboxylic acids is 2. The molecule has 1 atom stereocenters. The zero-order valence-electron chi connectivity index (χ0n) is 18.3. The van der Waals surface area contributed by atoms with E-state index >= 15 is 0 Å². The van der Waals surface area contributed by atoms with Crippen LogP contribution in [-0.4, -0.2) is 35.3 Å². The van der Waals surface area contributed by atoms with Gasteiger partial charge in [0, 0.05) is 12.1 Å². The Bertz CT molecular complexity index is 1120. The number of rotatable bonds is 8. The number of hydrazone groups is 1. The number of carbonyl (C=O) groups is 2. The topological polar surface area (TPSA) is 71.0 Å². The smallest absolute Gasteiger partial charge is 0.271 e. The highest BCUT2D eigenvalue weighted by Gasteiger charge is 2.32. The maximum Gasteiger partial charge on any atom is 0.271 e. The van der Waals surface area contributed by atoms with Crippen molar-refractivity contribution < 1.29 is 14.3 Å². The first kappa shape index (κ1) is 22.6. The second kappa shape index (κ2) is 10.8. The molecule has 3 aromatic carbocycles. The molecule has 2 amide bonds. The Balaban J connectivity index is 1.37. The molecule has 1 fully saturated rings. The lowest BCUT2D eigenvalue weighted by Gasteiger charge is -2.24. The van der Waals surface area contributed by atoms with Crippen LogP contribution in [0.2, 0.25) is 0 Å². The molecule has 1 aliphatic rings. The molecule has 1 N–H and O–H groups in total. The van der Waals surface area contributed by atoms with E-state index < -0.39 is 0 Å². The van der Waals surface area contributed by atoms with Crippen LogP contribution in [0, 0.1) is 0 Å². The monoisotopic (exact) mass is 459 g/mol. The third-order valence-corrected chi connectivity index (χ3v) is 6.45. The molecule has 0 spiro atoms. The minimum Gasteiger partial charge on any atom is -0.494 e. The molecule has 4 rings (SSSR count). The Morgan fingerprint density at radius 3 is 2.52 bits per heavy atom. The van der Waals surface area contributed by atoms with Crippen molar-refractivity contribution in [3.8, 4) is 5.75 Å². The van der Waals surface area contributed by atoms with E-state index in [4.69, 9.17) is 4.74 Å². The quantitative estimate of drug-likeness (QED) is 0.394. The number of nitrogens with one attached hydrogen (secondary N) is 1. The van der Waals surface area contributed by atoms with Crippen LogP contribution in [0.4, 0.5) is 0 Å². The van der Waals surface area contributed by atoms with Gasteiger partial charge in [0.05, 0.1) is 18.6 Å². The molecule has 3 aromatic rings. The summed E-state index contributed by atoms with van der Waals surface area (Å²) in [5.74, 6) is 1.09. The normalized spacial score (nSPS) is 15.7. The van der Waals surface area contributed by atoms with Gasteiger partial charge >= 0.3 is 0 Å². The van der Waals surface area contributed by atoms with Crippen molar-refractivity contribution in [3.63, 3.8) is 0 Å². The van der Waals surface area contributed by atoms with Crippen LogP contribution in [0.5, 0.6) is 5.75 Å². The first-order chi connectivity index (χ1) is 16.1. The van der Waals surface area contributed by atoms with Crippen molar-refractivity contribution in [2.24, 2.45) is 5.10 Å². The molecule has 7 heteroatoms. The van der Waals surface area contributed by atoms with Gasteiger partial charge in [-0.1, -0.05) is 42.5 Å². The van der Waals surface area contributed by atoms with E-state index in [0.717, 1.165) is 22.4 Å². The summed E-state index contributed by atoms with van der Waals surface area (Å²) in [6.07, 6.45) is 1.59. The van der Waals surface area contributed by atoms with E-state index in [2.05, 4.69) is 10.5 Å². The molecule has 0 aliphatic carbocycles. The summed E-state index contributed by atoms with van der Waals surface area (Å²) >= 11 is 1.60. The predicted molar refractivity (Wildman–Crippen MR) is 131 cm³/mol. The van der Waals surface area contributed by atoms with Crippen molar-refractivity contribution in [1.82, 2.24) is 10.3 Å². The maximum absolute atomic E-state index is 12.4. The summed E-state index contributed by atoms with van der Waals surface area (Å²) < 4.78 is 5.41. The molecule has 0 aromatic heterocycles. The third kappa shape index (κ3) is 5.81. The minimum atomic E-state index is -0.292. The van der Waals surface area contributed by atoms with Gasteiger partial charge in [0.15, 0.2) is 0 Å². The summed E-state index contributed by atoms with van der Waals surface area (Å²) in [5, 5.41) is 3.98. The van der Waals surface area contributed by atoms with Crippen LogP contribution in [0.25, 0.3) is 0 Å². The van der Waals surface area contributed by atoms with Gasteiger partial charge in [-0.2, -0.15) is 5.10 Å². The third-order valence-electron chi connectivity index (χ3n) is 5.19. The van der Waals surface area contributed by atoms with Gasteiger partial charge in [0.25, 0.3) is 5.91 Å². The van der Waals surface area contributed by atoms with Crippen LogP contribution in [0.15, 0.2) is 84.0 Å². The van der Waals surface area contributed by atoms with Crippen LogP contribution < -0.4 is 10.2 Å². The lowest BCUT2D eigenvalue weighted by Crippen LogP contribution is -2.27. The SMILES string of the molecule is CCOc1ccc(/C=N\NC(=O)c2ccc([C@@H]3SCC(=O)N3Cc3ccccc3)cc2)cc1. The Kier molecular flexibility index (Phi) is 7.42. The molecule has 0 radical (unpaired) electrons. The van der Waals surface area contributed by atoms with E-state index in [1.54, 1.807) is 30.1 Å². The van der Waals surface area contributed by atoms with Gasteiger partial charge in [-0.25, -0.2) is 5.43 Å². The zero-order chi connectivity index (χ0) is 23.0. The molecule has 0 saturated carbocycles. The Morgan fingerprint density at radius 2 is 1.82 bits per heavy atom. The number of nitrogens with zero attached hydrogens (tertiary/aromatic N) is 2. The summed E-state index contributed by atoms with van der Waals surface area (Å²) in [5.41, 5.74) is 6.01. The Hall–Kier alpha value is -3.58. The second-order valence-corrected chi connectivity index (χ2v) is 8.56. The molecule has 6 nitrogen and oxygen atoms in total. The van der Waals surface area contributed by atoms with Crippen LogP contribution >= 0.6 is 11.8 Å². The largest absolute Gasteiger partial charge is 0.494 e. The highest BCUT2D eigenvalue weighted by Crippen LogP contribution is 2.39. The van der Waals surface area contributed by atoms with Crippen LogP contribution in [0.3, 0.4) is 0 Å². The summed E-state index contributed by atoms with van der Waals surface area (Å²) in [6.45, 7) is 3.12. The summed E-state index contributed by atoms with van der Waals surface area (Å²) in [4.78, 5) is 26.8. The number of hydrogen-bond acceptors (Lipinski definition) is 5. The number of thioether (sulfide) groups is 1. The second-order valence-electron chi connectivity index (χ2n) is 7.49. The molecule has 1 aliphatic heterocycles. The van der Waals surface area contributed by atoms with Gasteiger partial charge in [-0.15, -0.1) is 11.8 Å². The lowest BCUT2D eigenvalue weighted by molar-refractivity contribution is -0.128. The summed E-state index contributed by atoms with van der Waals surface area (Å²) in [6, 6.07) is 24.8. The highest BCUT2D eigenvalue weighted by atomic mass is 32.2. The average Bonchev–Trinajstić information content (AvgIpc) is 3.21. The molecule has 1 saturated heterocycles. The van der Waals surface area contributed by atoms with E-state index in [1.807, 2.05) is 78.6 Å². The van der Waals surface area contributed by atoms with Gasteiger partial charge < -0.3 is 9.64 Å². The first-order valence-electron chi connectivity index (χ1n) is 10.8. The fraction of sp³-hybridized carbons (Fsp3) is 0.192. The maximum atomic E-state index is 12.4. The molecule has 0 bridgehead atoms. The predicted octanol–water partition coefficient (Wildman–Crippen LogP) is 4.62. The number of hydrogen-bond donors (Lipinski definition) is 1. The van der Waals surface area contributed by atoms with E-state index in [9.17, 15) is 9.59 Å². The molecule has 0 unspecified atom stereocenters. The van der Waals surface area contributed by atoms with Crippen LogP contribution in [-0.2, 0) is 11.3 Å². The number of ether oxygens (including phenoxy) is 1. The Labute approximate surface area is 197 Å². The minimum absolute atomic E-state index is 0.0625. The van der Waals surface area contributed by atoms with Gasteiger partial charge in [-0.3, -0.25) is 9.59 Å². The molecule has 1 heterocycles. The standard InChI is InChI=1S/C26H25N3O3S/c1-2-32-23-14-8-19(9-15-23)16-27-28-25(31)21-10-12-22(13-11-21)26-29(24(30)18-33-26)17-20-6-4-3-5-7-20/h3-16,26H,2,17-18H2,1H3,(H,28,31)/b27-16-/t26-/m0/s1. The number of amides is 2. The molecular formula is C26H25N3O3S.